The van der Waals surface area contributed by atoms with E-state index < -0.39 is 18.1 Å². The summed E-state index contributed by atoms with van der Waals surface area (Å²) < 4.78 is 5.18. The highest BCUT2D eigenvalue weighted by Crippen LogP contribution is 2.19. The average Bonchev–Trinajstić information content (AvgIpc) is 3.18. The van der Waals surface area contributed by atoms with Crippen LogP contribution < -0.4 is 5.32 Å². The zero-order valence-corrected chi connectivity index (χ0v) is 16.6. The van der Waals surface area contributed by atoms with Gasteiger partial charge in [-0.3, -0.25) is 9.59 Å². The molecule has 0 bridgehead atoms. The van der Waals surface area contributed by atoms with Gasteiger partial charge < -0.3 is 20.1 Å². The third-order valence-electron chi connectivity index (χ3n) is 5.11. The molecule has 3 atom stereocenters. The number of aryl methyl sites for hydroxylation is 1. The number of carbonyl (C=O) groups excluding carboxylic acids is 2. The van der Waals surface area contributed by atoms with Crippen LogP contribution >= 0.6 is 0 Å². The molecule has 0 spiro atoms. The number of nitrogens with one attached hydrogen (secondary N) is 1. The predicted octanol–water partition coefficient (Wildman–Crippen LogP) is 1.85. The van der Waals surface area contributed by atoms with Gasteiger partial charge in [-0.2, -0.15) is 0 Å². The summed E-state index contributed by atoms with van der Waals surface area (Å²) in [5.41, 5.74) is 1.14. The minimum Gasteiger partial charge on any atom is -0.480 e. The molecule has 7 heteroatoms. The molecule has 0 radical (unpaired) electrons. The van der Waals surface area contributed by atoms with Gasteiger partial charge >= 0.3 is 11.9 Å². The molecule has 0 saturated carbocycles. The first-order chi connectivity index (χ1) is 13.4. The lowest BCUT2D eigenvalue weighted by atomic mass is 9.99. The Hall–Kier alpha value is -2.41. The Morgan fingerprint density at radius 2 is 2.00 bits per heavy atom. The minimum absolute atomic E-state index is 0.240. The minimum atomic E-state index is -0.967. The fourth-order valence-electron chi connectivity index (χ4n) is 3.49. The summed E-state index contributed by atoms with van der Waals surface area (Å²) in [6, 6.07) is 8.58. The number of carbonyl (C=O) groups is 3. The Morgan fingerprint density at radius 3 is 2.64 bits per heavy atom. The second-order valence-electron chi connectivity index (χ2n) is 7.13. The van der Waals surface area contributed by atoms with Gasteiger partial charge in [0.1, 0.15) is 6.04 Å². The molecule has 1 amide bonds. The van der Waals surface area contributed by atoms with E-state index in [1.54, 1.807) is 13.8 Å². The molecule has 1 fully saturated rings. The van der Waals surface area contributed by atoms with E-state index in [4.69, 9.17) is 4.74 Å². The van der Waals surface area contributed by atoms with Crippen LogP contribution in [0.25, 0.3) is 0 Å². The van der Waals surface area contributed by atoms with Gasteiger partial charge in [-0.05, 0) is 45.1 Å². The maximum absolute atomic E-state index is 12.6. The number of nitrogens with zero attached hydrogens (tertiary/aromatic N) is 1. The van der Waals surface area contributed by atoms with Gasteiger partial charge in [-0.15, -0.1) is 0 Å². The molecule has 1 saturated heterocycles. The van der Waals surface area contributed by atoms with Crippen LogP contribution in [-0.4, -0.2) is 59.6 Å². The number of carboxylic acids is 1. The van der Waals surface area contributed by atoms with Crippen LogP contribution in [-0.2, 0) is 25.5 Å². The van der Waals surface area contributed by atoms with Crippen LogP contribution in [0.1, 0.15) is 38.7 Å². The molecule has 1 aliphatic rings. The third-order valence-corrected chi connectivity index (χ3v) is 5.11. The molecule has 2 rings (SSSR count). The Labute approximate surface area is 166 Å². The van der Waals surface area contributed by atoms with E-state index in [1.165, 1.54) is 4.90 Å². The van der Waals surface area contributed by atoms with Crippen molar-refractivity contribution in [3.05, 3.63) is 35.9 Å². The molecular weight excluding hydrogens is 360 g/mol. The van der Waals surface area contributed by atoms with E-state index >= 15 is 0 Å². The number of amides is 1. The molecule has 0 aromatic heterocycles. The predicted molar refractivity (Wildman–Crippen MR) is 105 cm³/mol. The molecule has 0 unspecified atom stereocenters. The highest BCUT2D eigenvalue weighted by Gasteiger charge is 2.36. The SMILES string of the molecule is CCOC(=O)[C@H](CCc1ccccc1)CN[C@@H](C)C(=O)N1CCC[C@@H]1C(=O)O. The maximum Gasteiger partial charge on any atom is 0.326 e. The van der Waals surface area contributed by atoms with Crippen molar-refractivity contribution in [2.45, 2.75) is 51.6 Å². The first kappa shape index (κ1) is 21.9. The van der Waals surface area contributed by atoms with Crippen LogP contribution in [0.15, 0.2) is 30.3 Å². The summed E-state index contributed by atoms with van der Waals surface area (Å²) in [7, 11) is 0. The molecule has 0 aliphatic carbocycles. The molecule has 1 heterocycles. The summed E-state index contributed by atoms with van der Waals surface area (Å²) >= 11 is 0. The summed E-state index contributed by atoms with van der Waals surface area (Å²) in [4.78, 5) is 37.7. The van der Waals surface area contributed by atoms with E-state index in [0.29, 0.717) is 39.0 Å². The summed E-state index contributed by atoms with van der Waals surface area (Å²) in [6.07, 6.45) is 2.52. The normalized spacial score (nSPS) is 18.5. The van der Waals surface area contributed by atoms with E-state index in [-0.39, 0.29) is 17.8 Å². The molecule has 1 aromatic rings. The summed E-state index contributed by atoms with van der Waals surface area (Å²) in [6.45, 7) is 4.55. The fraction of sp³-hybridized carbons (Fsp3) is 0.571. The Kier molecular flexibility index (Phi) is 8.44. The van der Waals surface area contributed by atoms with Crippen LogP contribution in [0, 0.1) is 5.92 Å². The fourth-order valence-corrected chi connectivity index (χ4v) is 3.49. The van der Waals surface area contributed by atoms with Crippen molar-refractivity contribution in [2.24, 2.45) is 5.92 Å². The van der Waals surface area contributed by atoms with Crippen molar-refractivity contribution in [1.82, 2.24) is 10.2 Å². The van der Waals surface area contributed by atoms with Crippen molar-refractivity contribution >= 4 is 17.8 Å². The lowest BCUT2D eigenvalue weighted by molar-refractivity contribution is -0.149. The monoisotopic (exact) mass is 390 g/mol. The lowest BCUT2D eigenvalue weighted by Gasteiger charge is -2.26. The maximum atomic E-state index is 12.6. The van der Waals surface area contributed by atoms with Crippen LogP contribution in [0.4, 0.5) is 0 Å². The molecule has 28 heavy (non-hydrogen) atoms. The van der Waals surface area contributed by atoms with E-state index in [9.17, 15) is 19.5 Å². The number of hydrogen-bond acceptors (Lipinski definition) is 5. The molecule has 2 N–H and O–H groups in total. The second kappa shape index (κ2) is 10.8. The number of carboxylic acid groups (broad SMARTS) is 1. The standard InChI is InChI=1S/C21H30N2O5/c1-3-28-21(27)17(12-11-16-8-5-4-6-9-16)14-22-15(2)19(24)23-13-7-10-18(23)20(25)26/h4-6,8-9,15,17-18,22H,3,7,10-14H2,1-2H3,(H,25,26)/t15-,17+,18+/m0/s1. The van der Waals surface area contributed by atoms with Crippen LogP contribution in [0.3, 0.4) is 0 Å². The lowest BCUT2D eigenvalue weighted by Crippen LogP contribution is -2.50. The number of benzene rings is 1. The van der Waals surface area contributed by atoms with Crippen LogP contribution in [0.2, 0.25) is 0 Å². The number of rotatable bonds is 10. The highest BCUT2D eigenvalue weighted by molar-refractivity contribution is 5.87. The first-order valence-electron chi connectivity index (χ1n) is 9.91. The van der Waals surface area contributed by atoms with Gasteiger partial charge in [0.15, 0.2) is 0 Å². The molecule has 7 nitrogen and oxygen atoms in total. The van der Waals surface area contributed by atoms with E-state index in [1.807, 2.05) is 30.3 Å². The van der Waals surface area contributed by atoms with E-state index in [2.05, 4.69) is 5.32 Å². The molecule has 1 aromatic carbocycles. The van der Waals surface area contributed by atoms with Gasteiger partial charge in [0.05, 0.1) is 18.6 Å². The zero-order chi connectivity index (χ0) is 20.5. The topological polar surface area (TPSA) is 95.9 Å². The van der Waals surface area contributed by atoms with Gasteiger partial charge in [-0.1, -0.05) is 30.3 Å². The Morgan fingerprint density at radius 1 is 1.29 bits per heavy atom. The van der Waals surface area contributed by atoms with Gasteiger partial charge in [-0.25, -0.2) is 4.79 Å². The molecular formula is C21H30N2O5. The number of esters is 1. The second-order valence-corrected chi connectivity index (χ2v) is 7.13. The van der Waals surface area contributed by atoms with Gasteiger partial charge in [0.2, 0.25) is 5.91 Å². The van der Waals surface area contributed by atoms with Crippen molar-refractivity contribution in [3.8, 4) is 0 Å². The van der Waals surface area contributed by atoms with Crippen LogP contribution in [0.5, 0.6) is 0 Å². The number of ether oxygens (including phenoxy) is 1. The van der Waals surface area contributed by atoms with Crippen molar-refractivity contribution in [3.63, 3.8) is 0 Å². The largest absolute Gasteiger partial charge is 0.480 e. The smallest absolute Gasteiger partial charge is 0.326 e. The van der Waals surface area contributed by atoms with Gasteiger partial charge in [0.25, 0.3) is 0 Å². The zero-order valence-electron chi connectivity index (χ0n) is 16.6. The Balaban J connectivity index is 1.92. The average molecular weight is 390 g/mol. The van der Waals surface area contributed by atoms with E-state index in [0.717, 1.165) is 12.0 Å². The summed E-state index contributed by atoms with van der Waals surface area (Å²) in [5, 5.41) is 12.4. The highest BCUT2D eigenvalue weighted by atomic mass is 16.5. The van der Waals surface area contributed by atoms with Crippen molar-refractivity contribution in [2.75, 3.05) is 19.7 Å². The molecule has 154 valence electrons. The molecule has 1 aliphatic heterocycles. The number of aliphatic carboxylic acids is 1. The van der Waals surface area contributed by atoms with Crippen molar-refractivity contribution < 1.29 is 24.2 Å². The van der Waals surface area contributed by atoms with Crippen molar-refractivity contribution in [1.29, 1.82) is 0 Å². The quantitative estimate of drug-likeness (QED) is 0.592. The Bertz CT molecular complexity index is 664. The number of likely N-dealkylation sites (tertiary alicyclic amines) is 1. The number of hydrogen-bond donors (Lipinski definition) is 2. The third kappa shape index (κ3) is 6.05. The summed E-state index contributed by atoms with van der Waals surface area (Å²) in [5.74, 6) is -1.86. The van der Waals surface area contributed by atoms with Gasteiger partial charge in [0, 0.05) is 13.1 Å². The first-order valence-corrected chi connectivity index (χ1v) is 9.91.